The van der Waals surface area contributed by atoms with Gasteiger partial charge >= 0.3 is 101 Å². The minimum Gasteiger partial charge on any atom is -0.216 e. The standard InChI is InChI=1S/C21H7F36/c1-4(6(24,25)9(29,30)12(35,36)15(41,42)16(43,44)17(45,46)18(47,48)21(55,56)57)2-3-5(22,23)8(27,28)11(33,34)14(39,40)13(37,38)10(31,32)7(26,19(49,50)51)20(52,53)54/h4H,1-3H2. The van der Waals surface area contributed by atoms with Crippen LogP contribution in [0, 0.1) is 12.8 Å². The summed E-state index contributed by atoms with van der Waals surface area (Å²) in [5.74, 6) is -123. The zero-order chi connectivity index (χ0) is 47.5. The molecular formula is C21H7F36. The van der Waals surface area contributed by atoms with Gasteiger partial charge in [-0.1, -0.05) is 0 Å². The quantitative estimate of drug-likeness (QED) is 0.135. The first-order valence-corrected chi connectivity index (χ1v) is 12.5. The molecule has 57 heavy (non-hydrogen) atoms. The molecule has 0 N–H and O–H groups in total. The predicted molar refractivity (Wildman–Crippen MR) is 104 cm³/mol. The Kier molecular flexibility index (Phi) is 12.9. The minimum absolute atomic E-state index is 1.29. The van der Waals surface area contributed by atoms with E-state index >= 15 is 0 Å². The predicted octanol–water partition coefficient (Wildman–Crippen LogP) is 12.9. The molecule has 0 heterocycles. The molecule has 0 saturated heterocycles. The number of hydrogen-bond acceptors (Lipinski definition) is 0. The average molecular weight is 943 g/mol. The third-order valence-electron chi connectivity index (χ3n) is 7.32. The molecule has 1 atom stereocenters. The van der Waals surface area contributed by atoms with Gasteiger partial charge in [0.05, 0.1) is 0 Å². The van der Waals surface area contributed by atoms with Gasteiger partial charge in [0.25, 0.3) is 0 Å². The Hall–Kier alpha value is -2.52. The van der Waals surface area contributed by atoms with Gasteiger partial charge in [0, 0.05) is 12.3 Å². The van der Waals surface area contributed by atoms with Gasteiger partial charge < -0.3 is 0 Å². The van der Waals surface area contributed by atoms with Crippen LogP contribution in [0.15, 0.2) is 0 Å². The lowest BCUT2D eigenvalue weighted by Gasteiger charge is -2.45. The van der Waals surface area contributed by atoms with Crippen molar-refractivity contribution < 1.29 is 158 Å². The van der Waals surface area contributed by atoms with E-state index in [1.54, 1.807) is 0 Å². The molecule has 0 rings (SSSR count). The van der Waals surface area contributed by atoms with E-state index in [9.17, 15) is 158 Å². The summed E-state index contributed by atoms with van der Waals surface area (Å²) in [4.78, 5) is 0. The average Bonchev–Trinajstić information content (AvgIpc) is 2.96. The summed E-state index contributed by atoms with van der Waals surface area (Å²) in [6.45, 7) is 1.29. The molecular weight excluding hydrogens is 936 g/mol. The molecule has 0 spiro atoms. The van der Waals surface area contributed by atoms with Crippen LogP contribution < -0.4 is 0 Å². The van der Waals surface area contributed by atoms with E-state index < -0.39 is 120 Å². The molecule has 0 aromatic heterocycles. The van der Waals surface area contributed by atoms with Gasteiger partial charge in [-0.15, -0.1) is 0 Å². The van der Waals surface area contributed by atoms with E-state index in [2.05, 4.69) is 0 Å². The highest BCUT2D eigenvalue weighted by Crippen LogP contribution is 2.68. The van der Waals surface area contributed by atoms with Crippen molar-refractivity contribution in [2.45, 2.75) is 114 Å². The van der Waals surface area contributed by atoms with Crippen LogP contribution in [-0.2, 0) is 0 Å². The summed E-state index contributed by atoms with van der Waals surface area (Å²) in [5, 5.41) is 0. The molecule has 343 valence electrons. The molecule has 0 fully saturated rings. The number of alkyl halides is 36. The van der Waals surface area contributed by atoms with E-state index in [4.69, 9.17) is 0 Å². The molecule has 0 bridgehead atoms. The Balaban J connectivity index is 7.13. The Labute approximate surface area is 286 Å². The van der Waals surface area contributed by atoms with Crippen molar-refractivity contribution >= 4 is 0 Å². The van der Waals surface area contributed by atoms with Gasteiger partial charge in [-0.3, -0.25) is 0 Å². The van der Waals surface area contributed by atoms with Crippen LogP contribution in [0.25, 0.3) is 0 Å². The summed E-state index contributed by atoms with van der Waals surface area (Å²) in [5.41, 5.74) is -9.20. The van der Waals surface area contributed by atoms with Crippen molar-refractivity contribution in [3.63, 3.8) is 0 Å². The van der Waals surface area contributed by atoms with Crippen molar-refractivity contribution in [2.75, 3.05) is 0 Å². The summed E-state index contributed by atoms with van der Waals surface area (Å²) >= 11 is 0. The molecule has 0 aliphatic rings. The maximum Gasteiger partial charge on any atom is 0.460 e. The number of rotatable bonds is 16. The van der Waals surface area contributed by atoms with E-state index in [0.717, 1.165) is 0 Å². The van der Waals surface area contributed by atoms with Gasteiger partial charge in [0.15, 0.2) is 0 Å². The lowest BCUT2D eigenvalue weighted by molar-refractivity contribution is -0.472. The normalized spacial score (nSPS) is 17.6. The van der Waals surface area contributed by atoms with Crippen LogP contribution in [-0.4, -0.2) is 101 Å². The van der Waals surface area contributed by atoms with Crippen LogP contribution in [0.1, 0.15) is 12.8 Å². The van der Waals surface area contributed by atoms with Crippen molar-refractivity contribution in [1.29, 1.82) is 0 Å². The molecule has 0 nitrogen and oxygen atoms in total. The lowest BCUT2D eigenvalue weighted by Crippen LogP contribution is -2.77. The van der Waals surface area contributed by atoms with Crippen molar-refractivity contribution in [3.8, 4) is 0 Å². The molecule has 1 unspecified atom stereocenters. The zero-order valence-electron chi connectivity index (χ0n) is 24.8. The van der Waals surface area contributed by atoms with Crippen LogP contribution in [0.5, 0.6) is 0 Å². The first-order chi connectivity index (χ1) is 23.9. The van der Waals surface area contributed by atoms with Gasteiger partial charge in [-0.05, 0) is 13.3 Å². The second kappa shape index (κ2) is 13.5. The zero-order valence-corrected chi connectivity index (χ0v) is 24.8. The van der Waals surface area contributed by atoms with Crippen molar-refractivity contribution in [3.05, 3.63) is 6.92 Å². The summed E-state index contributed by atoms with van der Waals surface area (Å²) in [7, 11) is 0. The highest BCUT2D eigenvalue weighted by molar-refractivity contribution is 5.20. The van der Waals surface area contributed by atoms with Crippen molar-refractivity contribution in [1.82, 2.24) is 0 Å². The number of halogens is 36. The molecule has 0 aromatic carbocycles. The topological polar surface area (TPSA) is 0 Å². The Morgan fingerprint density at radius 1 is 0.263 bits per heavy atom. The van der Waals surface area contributed by atoms with Gasteiger partial charge in [0.1, 0.15) is 0 Å². The van der Waals surface area contributed by atoms with Gasteiger partial charge in [-0.2, -0.15) is 154 Å². The maximum atomic E-state index is 14.1. The van der Waals surface area contributed by atoms with E-state index in [0.29, 0.717) is 0 Å². The van der Waals surface area contributed by atoms with Crippen LogP contribution in [0.2, 0.25) is 0 Å². The van der Waals surface area contributed by atoms with Crippen molar-refractivity contribution in [2.24, 2.45) is 5.92 Å². The second-order valence-corrected chi connectivity index (χ2v) is 11.0. The molecule has 1 radical (unpaired) electrons. The van der Waals surface area contributed by atoms with Gasteiger partial charge in [0.2, 0.25) is 0 Å². The van der Waals surface area contributed by atoms with Crippen LogP contribution in [0.3, 0.4) is 0 Å². The fraction of sp³-hybridized carbons (Fsp3) is 0.952. The first-order valence-electron chi connectivity index (χ1n) is 12.5. The Morgan fingerprint density at radius 3 is 0.754 bits per heavy atom. The lowest BCUT2D eigenvalue weighted by atomic mass is 9.81. The smallest absolute Gasteiger partial charge is 0.216 e. The van der Waals surface area contributed by atoms with Crippen LogP contribution >= 0.6 is 0 Å². The molecule has 0 aliphatic carbocycles. The van der Waals surface area contributed by atoms with E-state index in [-0.39, 0.29) is 0 Å². The highest BCUT2D eigenvalue weighted by atomic mass is 19.5. The maximum absolute atomic E-state index is 14.1. The largest absolute Gasteiger partial charge is 0.460 e. The summed E-state index contributed by atoms with van der Waals surface area (Å²) < 4.78 is 481. The van der Waals surface area contributed by atoms with E-state index in [1.165, 1.54) is 6.92 Å². The second-order valence-electron chi connectivity index (χ2n) is 11.0. The van der Waals surface area contributed by atoms with Gasteiger partial charge in [-0.25, -0.2) is 4.39 Å². The Bertz CT molecular complexity index is 1400. The third-order valence-corrected chi connectivity index (χ3v) is 7.32. The monoisotopic (exact) mass is 943 g/mol. The fourth-order valence-corrected chi connectivity index (χ4v) is 3.68. The molecule has 0 amide bonds. The molecule has 0 aromatic rings. The summed E-state index contributed by atoms with van der Waals surface area (Å²) in [6, 6.07) is 0. The van der Waals surface area contributed by atoms with E-state index in [1.807, 2.05) is 0 Å². The highest BCUT2D eigenvalue weighted by Gasteiger charge is 2.99. The molecule has 36 heteroatoms. The molecule has 0 aliphatic heterocycles. The summed E-state index contributed by atoms with van der Waals surface area (Å²) in [6.07, 6.45) is -33.8. The minimum atomic E-state index is -9.63. The Morgan fingerprint density at radius 2 is 0.491 bits per heavy atom. The molecule has 0 saturated carbocycles. The fourth-order valence-electron chi connectivity index (χ4n) is 3.68. The van der Waals surface area contributed by atoms with Crippen LogP contribution in [0.4, 0.5) is 158 Å². The third kappa shape index (κ3) is 6.79. The SMILES string of the molecule is [CH2]C(CCC(F)(F)C(F)(F)C(F)(F)C(F)(F)C(F)(F)C(F)(F)C(F)(C(F)(F)F)C(F)(F)F)C(F)(F)C(F)(F)C(F)(F)C(F)(F)C(F)(F)C(F)(F)C(F)(F)C(F)(F)F. The number of hydrogen-bond donors (Lipinski definition) is 0. The first kappa shape index (κ1) is 54.5.